The molecule has 3 N–H and O–H groups in total. The summed E-state index contributed by atoms with van der Waals surface area (Å²) in [7, 11) is 0. The molecule has 5 aromatic rings. The molecular formula is C28H27ClN6O. The minimum Gasteiger partial charge on any atom is -0.489 e. The van der Waals surface area contributed by atoms with Gasteiger partial charge < -0.3 is 20.4 Å². The second-order valence-corrected chi connectivity index (χ2v) is 9.29. The van der Waals surface area contributed by atoms with Crippen LogP contribution in [0.25, 0.3) is 22.4 Å². The summed E-state index contributed by atoms with van der Waals surface area (Å²) in [5.74, 6) is 2.39. The van der Waals surface area contributed by atoms with Crippen LogP contribution < -0.4 is 15.4 Å². The van der Waals surface area contributed by atoms with E-state index in [2.05, 4.69) is 25.6 Å². The molecule has 0 saturated carbocycles. The molecule has 0 aliphatic carbocycles. The molecule has 2 heterocycles. The van der Waals surface area contributed by atoms with E-state index in [0.717, 1.165) is 44.9 Å². The summed E-state index contributed by atoms with van der Waals surface area (Å²) in [5.41, 5.74) is 6.67. The first-order valence-electron chi connectivity index (χ1n) is 11.8. The van der Waals surface area contributed by atoms with E-state index < -0.39 is 0 Å². The fourth-order valence-corrected chi connectivity index (χ4v) is 4.09. The highest BCUT2D eigenvalue weighted by atomic mass is 35.5. The van der Waals surface area contributed by atoms with E-state index in [-0.39, 0.29) is 6.10 Å². The summed E-state index contributed by atoms with van der Waals surface area (Å²) in [4.78, 5) is 17.2. The van der Waals surface area contributed by atoms with E-state index >= 15 is 0 Å². The Bertz CT molecular complexity index is 1510. The zero-order chi connectivity index (χ0) is 25.2. The van der Waals surface area contributed by atoms with Crippen molar-refractivity contribution >= 4 is 45.8 Å². The molecule has 182 valence electrons. The quantitative estimate of drug-likeness (QED) is 0.214. The second kappa shape index (κ2) is 9.87. The Morgan fingerprint density at radius 2 is 1.67 bits per heavy atom. The molecule has 5 rings (SSSR count). The van der Waals surface area contributed by atoms with E-state index in [9.17, 15) is 0 Å². The fraction of sp³-hybridized carbons (Fsp3) is 0.179. The van der Waals surface area contributed by atoms with Gasteiger partial charge in [0, 0.05) is 11.3 Å². The lowest BCUT2D eigenvalue weighted by molar-refractivity contribution is 0.244. The average Bonchev–Trinajstić information content (AvgIpc) is 3.28. The van der Waals surface area contributed by atoms with Crippen molar-refractivity contribution in [1.82, 2.24) is 19.9 Å². The van der Waals surface area contributed by atoms with Crippen LogP contribution in [-0.2, 0) is 0 Å². The van der Waals surface area contributed by atoms with Crippen molar-refractivity contribution in [1.29, 1.82) is 0 Å². The number of ether oxygens (including phenoxy) is 1. The number of aromatic amines is 1. The standard InChI is InChI=1S/C28H27ClN6O/c1-16(2)36-25-14-19(26-32-22-11-7-8-12-23(22)33-26)18(4)13-24(25)34-28-30-15-20(29)27(35-28)31-21-10-6-5-9-17(21)3/h5-16H,1-4H3,(H,32,33)(H2,30,31,34,35). The first-order chi connectivity index (χ1) is 17.4. The molecule has 0 saturated heterocycles. The van der Waals surface area contributed by atoms with Gasteiger partial charge in [0.05, 0.1) is 29.0 Å². The number of hydrogen-bond donors (Lipinski definition) is 3. The molecule has 36 heavy (non-hydrogen) atoms. The van der Waals surface area contributed by atoms with Gasteiger partial charge in [0.1, 0.15) is 16.6 Å². The zero-order valence-corrected chi connectivity index (χ0v) is 21.3. The summed E-state index contributed by atoms with van der Waals surface area (Å²) in [6, 6.07) is 20.0. The van der Waals surface area contributed by atoms with E-state index in [0.29, 0.717) is 22.5 Å². The van der Waals surface area contributed by atoms with Crippen molar-refractivity contribution in [2.75, 3.05) is 10.6 Å². The summed E-state index contributed by atoms with van der Waals surface area (Å²) in [5, 5.41) is 7.05. The van der Waals surface area contributed by atoms with E-state index in [1.165, 1.54) is 0 Å². The zero-order valence-electron chi connectivity index (χ0n) is 20.6. The number of halogens is 1. The van der Waals surface area contributed by atoms with E-state index in [1.807, 2.05) is 88.4 Å². The number of imidazole rings is 1. The Kier molecular flexibility index (Phi) is 6.48. The number of rotatable bonds is 7. The van der Waals surface area contributed by atoms with Gasteiger partial charge in [-0.25, -0.2) is 9.97 Å². The Hall–Kier alpha value is -4.10. The highest BCUT2D eigenvalue weighted by Crippen LogP contribution is 2.36. The third-order valence-corrected chi connectivity index (χ3v) is 6.00. The second-order valence-electron chi connectivity index (χ2n) is 8.89. The third-order valence-electron chi connectivity index (χ3n) is 5.72. The number of nitrogens with zero attached hydrogens (tertiary/aromatic N) is 3. The van der Waals surface area contributed by atoms with Crippen LogP contribution in [0.4, 0.5) is 23.1 Å². The molecule has 3 aromatic carbocycles. The number of nitrogens with one attached hydrogen (secondary N) is 3. The highest BCUT2D eigenvalue weighted by Gasteiger charge is 2.16. The minimum atomic E-state index is -0.0267. The molecule has 0 atom stereocenters. The van der Waals surface area contributed by atoms with Crippen LogP contribution >= 0.6 is 11.6 Å². The predicted molar refractivity (Wildman–Crippen MR) is 147 cm³/mol. The minimum absolute atomic E-state index is 0.0267. The molecule has 0 spiro atoms. The van der Waals surface area contributed by atoms with Crippen LogP contribution in [0.1, 0.15) is 25.0 Å². The molecule has 8 heteroatoms. The SMILES string of the molecule is Cc1ccccc1Nc1nc(Nc2cc(C)c(-c3nc4ccccc4[nH]3)cc2OC(C)C)ncc1Cl. The van der Waals surface area contributed by atoms with Gasteiger partial charge in [0.25, 0.3) is 0 Å². The van der Waals surface area contributed by atoms with Crippen LogP contribution in [0.2, 0.25) is 5.02 Å². The number of hydrogen-bond acceptors (Lipinski definition) is 6. The van der Waals surface area contributed by atoms with Gasteiger partial charge in [-0.05, 0) is 69.2 Å². The van der Waals surface area contributed by atoms with Crippen molar-refractivity contribution in [3.8, 4) is 17.1 Å². The van der Waals surface area contributed by atoms with Crippen molar-refractivity contribution in [2.24, 2.45) is 0 Å². The topological polar surface area (TPSA) is 87.8 Å². The van der Waals surface area contributed by atoms with Crippen LogP contribution in [0.15, 0.2) is 66.9 Å². The summed E-state index contributed by atoms with van der Waals surface area (Å²) in [6.07, 6.45) is 1.55. The lowest BCUT2D eigenvalue weighted by Gasteiger charge is -2.18. The van der Waals surface area contributed by atoms with Gasteiger partial charge in [0.15, 0.2) is 5.82 Å². The smallest absolute Gasteiger partial charge is 0.229 e. The van der Waals surface area contributed by atoms with Crippen molar-refractivity contribution in [3.63, 3.8) is 0 Å². The first-order valence-corrected chi connectivity index (χ1v) is 12.1. The third kappa shape index (κ3) is 4.97. The number of para-hydroxylation sites is 3. The summed E-state index contributed by atoms with van der Waals surface area (Å²) < 4.78 is 6.17. The Labute approximate surface area is 214 Å². The Balaban J connectivity index is 1.50. The maximum atomic E-state index is 6.40. The fourth-order valence-electron chi connectivity index (χ4n) is 3.95. The normalized spacial score (nSPS) is 11.2. The van der Waals surface area contributed by atoms with E-state index in [4.69, 9.17) is 21.3 Å². The monoisotopic (exact) mass is 498 g/mol. The molecule has 0 aliphatic heterocycles. The summed E-state index contributed by atoms with van der Waals surface area (Å²) >= 11 is 6.40. The largest absolute Gasteiger partial charge is 0.489 e. The van der Waals surface area contributed by atoms with Crippen molar-refractivity contribution in [2.45, 2.75) is 33.8 Å². The molecule has 0 amide bonds. The number of aryl methyl sites for hydroxylation is 2. The molecule has 0 unspecified atom stereocenters. The van der Waals surface area contributed by atoms with Gasteiger partial charge in [-0.3, -0.25) is 0 Å². The molecule has 0 radical (unpaired) electrons. The molecule has 0 fully saturated rings. The lowest BCUT2D eigenvalue weighted by atomic mass is 10.1. The number of H-pyrrole nitrogens is 1. The molecule has 7 nitrogen and oxygen atoms in total. The lowest BCUT2D eigenvalue weighted by Crippen LogP contribution is -2.09. The van der Waals surface area contributed by atoms with Gasteiger partial charge in [-0.2, -0.15) is 4.98 Å². The number of benzene rings is 3. The van der Waals surface area contributed by atoms with Gasteiger partial charge >= 0.3 is 0 Å². The first kappa shape index (κ1) is 23.6. The van der Waals surface area contributed by atoms with Gasteiger partial charge in [-0.15, -0.1) is 0 Å². The Morgan fingerprint density at radius 1 is 0.889 bits per heavy atom. The molecule has 2 aromatic heterocycles. The Morgan fingerprint density at radius 3 is 2.44 bits per heavy atom. The van der Waals surface area contributed by atoms with Crippen LogP contribution in [0.3, 0.4) is 0 Å². The highest BCUT2D eigenvalue weighted by molar-refractivity contribution is 6.32. The van der Waals surface area contributed by atoms with Crippen LogP contribution in [0.5, 0.6) is 5.75 Å². The average molecular weight is 499 g/mol. The summed E-state index contributed by atoms with van der Waals surface area (Å²) in [6.45, 7) is 8.06. The molecule has 0 bridgehead atoms. The predicted octanol–water partition coefficient (Wildman–Crippen LogP) is 7.56. The maximum absolute atomic E-state index is 6.40. The van der Waals surface area contributed by atoms with Crippen molar-refractivity contribution in [3.05, 3.63) is 83.0 Å². The van der Waals surface area contributed by atoms with Gasteiger partial charge in [0.2, 0.25) is 5.95 Å². The molecule has 0 aliphatic rings. The number of fused-ring (bicyclic) bond motifs is 1. The number of anilines is 4. The molecular weight excluding hydrogens is 472 g/mol. The van der Waals surface area contributed by atoms with Crippen LogP contribution in [-0.4, -0.2) is 26.0 Å². The van der Waals surface area contributed by atoms with E-state index in [1.54, 1.807) is 6.20 Å². The maximum Gasteiger partial charge on any atom is 0.229 e. The van der Waals surface area contributed by atoms with Crippen molar-refractivity contribution < 1.29 is 4.74 Å². The van der Waals surface area contributed by atoms with Crippen LogP contribution in [0, 0.1) is 13.8 Å². The van der Waals surface area contributed by atoms with Gasteiger partial charge in [-0.1, -0.05) is 41.9 Å². The number of aromatic nitrogens is 4.